The van der Waals surface area contributed by atoms with Crippen molar-refractivity contribution in [2.75, 3.05) is 72.6 Å². The van der Waals surface area contributed by atoms with Crippen molar-refractivity contribution in [3.05, 3.63) is 35.6 Å². The van der Waals surface area contributed by atoms with Gasteiger partial charge in [-0.1, -0.05) is 12.1 Å². The number of hydrogen-bond acceptors (Lipinski definition) is 4. The number of ether oxygens (including phenoxy) is 1. The second-order valence-corrected chi connectivity index (χ2v) is 7.46. The van der Waals surface area contributed by atoms with Gasteiger partial charge in [-0.2, -0.15) is 0 Å². The van der Waals surface area contributed by atoms with E-state index in [1.54, 1.807) is 19.2 Å². The number of hydrogen-bond donors (Lipinski definition) is 1. The van der Waals surface area contributed by atoms with Gasteiger partial charge in [-0.05, 0) is 30.5 Å². The lowest BCUT2D eigenvalue weighted by atomic mass is 10.1. The molecule has 0 spiro atoms. The number of piperazine rings is 1. The van der Waals surface area contributed by atoms with E-state index in [9.17, 15) is 9.18 Å². The first kappa shape index (κ1) is 21.5. The molecule has 1 aromatic rings. The largest absolute Gasteiger partial charge is 0.378 e. The minimum atomic E-state index is -0.184. The van der Waals surface area contributed by atoms with Gasteiger partial charge in [-0.15, -0.1) is 0 Å². The van der Waals surface area contributed by atoms with Crippen molar-refractivity contribution in [1.29, 1.82) is 0 Å². The minimum absolute atomic E-state index is 0.184. The molecule has 3 rings (SSSR count). The molecule has 8 heteroatoms. The number of aryl methyl sites for hydroxylation is 1. The molecule has 160 valence electrons. The van der Waals surface area contributed by atoms with Crippen molar-refractivity contribution in [2.45, 2.75) is 12.8 Å². The SMILES string of the molecule is CN=C(NCCCc1cccc(F)c1)N1CCN(CC(=O)N2CCOCC2)CC1. The number of aliphatic imine (C=N–C) groups is 1. The number of rotatable bonds is 6. The Morgan fingerprint density at radius 1 is 1.14 bits per heavy atom. The lowest BCUT2D eigenvalue weighted by Gasteiger charge is -2.37. The average molecular weight is 406 g/mol. The third kappa shape index (κ3) is 6.68. The molecule has 2 fully saturated rings. The standard InChI is InChI=1S/C21H32FN5O2/c1-23-21(24-7-3-5-18-4-2-6-19(22)16-18)27-10-8-25(9-11-27)17-20(28)26-12-14-29-15-13-26/h2,4,6,16H,3,5,7-15,17H2,1H3,(H,23,24). The van der Waals surface area contributed by atoms with Crippen LogP contribution in [0.4, 0.5) is 4.39 Å². The molecule has 1 amide bonds. The fourth-order valence-corrected chi connectivity index (χ4v) is 3.74. The normalized spacial score (nSPS) is 18.8. The molecule has 2 aliphatic heterocycles. The van der Waals surface area contributed by atoms with Gasteiger partial charge in [-0.3, -0.25) is 14.7 Å². The lowest BCUT2D eigenvalue weighted by Crippen LogP contribution is -2.55. The summed E-state index contributed by atoms with van der Waals surface area (Å²) >= 11 is 0. The molecule has 2 saturated heterocycles. The molecule has 0 atom stereocenters. The molecule has 29 heavy (non-hydrogen) atoms. The Morgan fingerprint density at radius 2 is 1.90 bits per heavy atom. The zero-order valence-corrected chi connectivity index (χ0v) is 17.3. The number of morpholine rings is 1. The van der Waals surface area contributed by atoms with Crippen LogP contribution >= 0.6 is 0 Å². The van der Waals surface area contributed by atoms with Crippen LogP contribution in [0.1, 0.15) is 12.0 Å². The zero-order chi connectivity index (χ0) is 20.5. The molecule has 0 saturated carbocycles. The second kappa shape index (κ2) is 11.1. The van der Waals surface area contributed by atoms with Crippen LogP contribution in [0.5, 0.6) is 0 Å². The highest BCUT2D eigenvalue weighted by Crippen LogP contribution is 2.07. The molecular weight excluding hydrogens is 373 g/mol. The number of carbonyl (C=O) groups excluding carboxylic acids is 1. The van der Waals surface area contributed by atoms with Gasteiger partial charge in [0.15, 0.2) is 5.96 Å². The third-order valence-corrected chi connectivity index (χ3v) is 5.42. The van der Waals surface area contributed by atoms with Crippen molar-refractivity contribution in [3.63, 3.8) is 0 Å². The van der Waals surface area contributed by atoms with Gasteiger partial charge in [0.1, 0.15) is 5.82 Å². The summed E-state index contributed by atoms with van der Waals surface area (Å²) in [6, 6.07) is 6.76. The van der Waals surface area contributed by atoms with E-state index in [1.165, 1.54) is 6.07 Å². The number of amides is 1. The van der Waals surface area contributed by atoms with Gasteiger partial charge < -0.3 is 19.9 Å². The first-order chi connectivity index (χ1) is 14.2. The summed E-state index contributed by atoms with van der Waals surface area (Å²) in [5.74, 6) is 0.904. The summed E-state index contributed by atoms with van der Waals surface area (Å²) in [5, 5.41) is 3.41. The van der Waals surface area contributed by atoms with Gasteiger partial charge in [0.2, 0.25) is 5.91 Å². The van der Waals surface area contributed by atoms with Gasteiger partial charge in [0.25, 0.3) is 0 Å². The highest BCUT2D eigenvalue weighted by atomic mass is 19.1. The Bertz CT molecular complexity index is 685. The Labute approximate surface area is 172 Å². The Hall–Kier alpha value is -2.19. The summed E-state index contributed by atoms with van der Waals surface area (Å²) in [7, 11) is 1.79. The number of guanidine groups is 1. The smallest absolute Gasteiger partial charge is 0.236 e. The number of benzene rings is 1. The fraction of sp³-hybridized carbons (Fsp3) is 0.619. The second-order valence-electron chi connectivity index (χ2n) is 7.46. The molecule has 2 heterocycles. The summed E-state index contributed by atoms with van der Waals surface area (Å²) in [6.45, 7) is 7.34. The van der Waals surface area contributed by atoms with Crippen molar-refractivity contribution in [1.82, 2.24) is 20.0 Å². The molecule has 0 bridgehead atoms. The molecule has 7 nitrogen and oxygen atoms in total. The van der Waals surface area contributed by atoms with E-state index >= 15 is 0 Å². The van der Waals surface area contributed by atoms with Crippen LogP contribution < -0.4 is 5.32 Å². The molecule has 0 aromatic heterocycles. The van der Waals surface area contributed by atoms with E-state index in [0.717, 1.165) is 57.1 Å². The van der Waals surface area contributed by atoms with E-state index in [1.807, 2.05) is 11.0 Å². The minimum Gasteiger partial charge on any atom is -0.378 e. The van der Waals surface area contributed by atoms with E-state index in [4.69, 9.17) is 4.74 Å². The Kier molecular flexibility index (Phi) is 8.25. The van der Waals surface area contributed by atoms with E-state index in [2.05, 4.69) is 20.1 Å². The van der Waals surface area contributed by atoms with E-state index < -0.39 is 0 Å². The fourth-order valence-electron chi connectivity index (χ4n) is 3.74. The molecule has 1 aromatic carbocycles. The van der Waals surface area contributed by atoms with Crippen LogP contribution in [0.2, 0.25) is 0 Å². The van der Waals surface area contributed by atoms with E-state index in [0.29, 0.717) is 32.8 Å². The van der Waals surface area contributed by atoms with Crippen LogP contribution in [0.3, 0.4) is 0 Å². The maximum Gasteiger partial charge on any atom is 0.236 e. The van der Waals surface area contributed by atoms with Gasteiger partial charge in [0, 0.05) is 52.9 Å². The molecule has 0 aliphatic carbocycles. The highest BCUT2D eigenvalue weighted by Gasteiger charge is 2.24. The summed E-state index contributed by atoms with van der Waals surface area (Å²) < 4.78 is 18.6. The monoisotopic (exact) mass is 405 g/mol. The van der Waals surface area contributed by atoms with Gasteiger partial charge >= 0.3 is 0 Å². The topological polar surface area (TPSA) is 60.4 Å². The molecule has 2 aliphatic rings. The van der Waals surface area contributed by atoms with Crippen molar-refractivity contribution >= 4 is 11.9 Å². The first-order valence-electron chi connectivity index (χ1n) is 10.4. The Balaban J connectivity index is 1.35. The third-order valence-electron chi connectivity index (χ3n) is 5.42. The molecule has 0 unspecified atom stereocenters. The number of carbonyl (C=O) groups is 1. The van der Waals surface area contributed by atoms with E-state index in [-0.39, 0.29) is 11.7 Å². The predicted octanol–water partition coefficient (Wildman–Crippen LogP) is 0.810. The number of nitrogens with one attached hydrogen (secondary N) is 1. The first-order valence-corrected chi connectivity index (χ1v) is 10.4. The zero-order valence-electron chi connectivity index (χ0n) is 17.3. The van der Waals surface area contributed by atoms with Crippen LogP contribution in [0, 0.1) is 5.82 Å². The van der Waals surface area contributed by atoms with Crippen molar-refractivity contribution < 1.29 is 13.9 Å². The quantitative estimate of drug-likeness (QED) is 0.431. The summed E-state index contributed by atoms with van der Waals surface area (Å²) in [6.07, 6.45) is 1.75. The molecule has 0 radical (unpaired) electrons. The van der Waals surface area contributed by atoms with Crippen molar-refractivity contribution in [3.8, 4) is 0 Å². The van der Waals surface area contributed by atoms with Gasteiger partial charge in [0.05, 0.1) is 19.8 Å². The number of halogens is 1. The maximum atomic E-state index is 13.2. The van der Waals surface area contributed by atoms with Crippen LogP contribution in [-0.4, -0.2) is 99.2 Å². The van der Waals surface area contributed by atoms with Gasteiger partial charge in [-0.25, -0.2) is 4.39 Å². The molecule has 1 N–H and O–H groups in total. The molecular formula is C21H32FN5O2. The Morgan fingerprint density at radius 3 is 2.59 bits per heavy atom. The maximum absolute atomic E-state index is 13.2. The summed E-state index contributed by atoms with van der Waals surface area (Å²) in [5.41, 5.74) is 1.01. The summed E-state index contributed by atoms with van der Waals surface area (Å²) in [4.78, 5) is 23.1. The van der Waals surface area contributed by atoms with Crippen LogP contribution in [0.15, 0.2) is 29.3 Å². The van der Waals surface area contributed by atoms with Crippen LogP contribution in [-0.2, 0) is 16.0 Å². The van der Waals surface area contributed by atoms with Crippen LogP contribution in [0.25, 0.3) is 0 Å². The predicted molar refractivity (Wildman–Crippen MR) is 111 cm³/mol. The lowest BCUT2D eigenvalue weighted by molar-refractivity contribution is -0.136. The van der Waals surface area contributed by atoms with Crippen molar-refractivity contribution in [2.24, 2.45) is 4.99 Å². The average Bonchev–Trinajstić information content (AvgIpc) is 2.75. The number of nitrogens with zero attached hydrogens (tertiary/aromatic N) is 4. The highest BCUT2D eigenvalue weighted by molar-refractivity contribution is 5.80.